The molecule has 2 aliphatic heterocycles. The van der Waals surface area contributed by atoms with Crippen LogP contribution in [0.25, 0.3) is 22.5 Å². The van der Waals surface area contributed by atoms with Gasteiger partial charge >= 0.3 is 0 Å². The molecule has 0 bridgehead atoms. The van der Waals surface area contributed by atoms with E-state index in [1.165, 1.54) is 12.8 Å². The van der Waals surface area contributed by atoms with Gasteiger partial charge < -0.3 is 4.57 Å². The average Bonchev–Trinajstić information content (AvgIpc) is 3.87. The number of benzene rings is 2. The highest BCUT2D eigenvalue weighted by atomic mass is 19.1. The molecule has 8 nitrogen and oxygen atoms in total. The van der Waals surface area contributed by atoms with Gasteiger partial charge in [0.2, 0.25) is 0 Å². The number of hydrogen-bond acceptors (Lipinski definition) is 6. The van der Waals surface area contributed by atoms with E-state index in [1.807, 2.05) is 35.9 Å². The first-order valence-electron chi connectivity index (χ1n) is 14.2. The number of nitrogens with zero attached hydrogens (tertiary/aromatic N) is 7. The van der Waals surface area contributed by atoms with Crippen molar-refractivity contribution in [3.63, 3.8) is 0 Å². The van der Waals surface area contributed by atoms with E-state index in [9.17, 15) is 10.1 Å². The molecule has 204 valence electrons. The molecule has 0 N–H and O–H groups in total. The van der Waals surface area contributed by atoms with E-state index in [0.717, 1.165) is 53.3 Å². The molecule has 8 rings (SSSR count). The normalized spacial score (nSPS) is 21.2. The van der Waals surface area contributed by atoms with E-state index < -0.39 is 0 Å². The Labute approximate surface area is 237 Å². The van der Waals surface area contributed by atoms with Crippen molar-refractivity contribution in [1.82, 2.24) is 24.6 Å². The van der Waals surface area contributed by atoms with E-state index in [0.29, 0.717) is 46.8 Å². The maximum atomic E-state index is 15.4. The lowest BCUT2D eigenvalue weighted by Crippen LogP contribution is -2.25. The first-order chi connectivity index (χ1) is 20.0. The van der Waals surface area contributed by atoms with Gasteiger partial charge in [0.05, 0.1) is 18.2 Å². The van der Waals surface area contributed by atoms with Gasteiger partial charge in [0.25, 0.3) is 5.91 Å². The Morgan fingerprint density at radius 3 is 2.66 bits per heavy atom. The van der Waals surface area contributed by atoms with Gasteiger partial charge in [-0.15, -0.1) is 10.2 Å². The lowest BCUT2D eigenvalue weighted by atomic mass is 9.96. The molecule has 4 aliphatic rings. The van der Waals surface area contributed by atoms with Gasteiger partial charge in [-0.25, -0.2) is 9.37 Å². The van der Waals surface area contributed by atoms with Crippen LogP contribution in [0, 0.1) is 23.1 Å². The lowest BCUT2D eigenvalue weighted by Gasteiger charge is -2.18. The summed E-state index contributed by atoms with van der Waals surface area (Å²) < 4.78 is 17.2. The number of amides is 1. The van der Waals surface area contributed by atoms with Crippen LogP contribution in [-0.4, -0.2) is 43.1 Å². The van der Waals surface area contributed by atoms with E-state index in [2.05, 4.69) is 27.2 Å². The van der Waals surface area contributed by atoms with Crippen molar-refractivity contribution in [3.05, 3.63) is 82.6 Å². The number of likely N-dealkylation sites (tertiary alicyclic amines) is 1. The van der Waals surface area contributed by atoms with Gasteiger partial charge in [-0.05, 0) is 91.2 Å². The van der Waals surface area contributed by atoms with Crippen molar-refractivity contribution in [1.29, 1.82) is 5.26 Å². The van der Waals surface area contributed by atoms with Gasteiger partial charge in [-0.3, -0.25) is 14.6 Å². The third kappa shape index (κ3) is 4.13. The largest absolute Gasteiger partial charge is 0.317 e. The smallest absolute Gasteiger partial charge is 0.260 e. The summed E-state index contributed by atoms with van der Waals surface area (Å²) in [6.07, 6.45) is 6.17. The van der Waals surface area contributed by atoms with Crippen LogP contribution in [0.5, 0.6) is 0 Å². The van der Waals surface area contributed by atoms with Crippen LogP contribution in [0.15, 0.2) is 48.8 Å². The number of hydrogen-bond donors (Lipinski definition) is 0. The van der Waals surface area contributed by atoms with Gasteiger partial charge in [0.1, 0.15) is 18.0 Å². The predicted octanol–water partition coefficient (Wildman–Crippen LogP) is 5.19. The molecule has 2 saturated carbocycles. The fourth-order valence-corrected chi connectivity index (χ4v) is 6.61. The minimum atomic E-state index is -0.324. The van der Waals surface area contributed by atoms with Crippen molar-refractivity contribution < 1.29 is 9.18 Å². The minimum Gasteiger partial charge on any atom is -0.317 e. The summed E-state index contributed by atoms with van der Waals surface area (Å²) in [5.41, 5.74) is 5.68. The van der Waals surface area contributed by atoms with Crippen LogP contribution < -0.4 is 4.90 Å². The molecule has 2 aromatic carbocycles. The number of rotatable bonds is 6. The van der Waals surface area contributed by atoms with Crippen LogP contribution in [-0.2, 0) is 20.1 Å². The van der Waals surface area contributed by atoms with Crippen LogP contribution >= 0.6 is 0 Å². The molecular formula is C32H28FN7O. The zero-order valence-electron chi connectivity index (χ0n) is 22.7. The quantitative estimate of drug-likeness (QED) is 0.331. The van der Waals surface area contributed by atoms with Crippen molar-refractivity contribution in [2.45, 2.75) is 50.7 Å². The summed E-state index contributed by atoms with van der Waals surface area (Å²) in [7, 11) is 1.86. The minimum absolute atomic E-state index is 0.152. The van der Waals surface area contributed by atoms with Gasteiger partial charge in [0, 0.05) is 47.9 Å². The van der Waals surface area contributed by atoms with E-state index in [4.69, 9.17) is 4.98 Å². The molecule has 0 unspecified atom stereocenters. The molecule has 9 heteroatoms. The second-order valence-electron chi connectivity index (χ2n) is 11.9. The molecule has 1 saturated heterocycles. The Morgan fingerprint density at radius 1 is 1.07 bits per heavy atom. The summed E-state index contributed by atoms with van der Waals surface area (Å²) in [6, 6.07) is 15.8. The molecule has 3 fully saturated rings. The van der Waals surface area contributed by atoms with Crippen LogP contribution in [0.4, 0.5) is 10.2 Å². The Morgan fingerprint density at radius 2 is 1.95 bits per heavy atom. The molecule has 2 atom stereocenters. The zero-order valence-corrected chi connectivity index (χ0v) is 22.7. The molecule has 2 aromatic heterocycles. The fourth-order valence-electron chi connectivity index (χ4n) is 6.61. The molecule has 4 aromatic rings. The van der Waals surface area contributed by atoms with E-state index >= 15 is 4.39 Å². The summed E-state index contributed by atoms with van der Waals surface area (Å²) in [5, 5.41) is 17.9. The summed E-state index contributed by atoms with van der Waals surface area (Å²) >= 11 is 0. The SMILES string of the molecule is Cn1cnnc1-c1cc(C#N)ccc1-c1cc(C2CC2)nc(N2Cc3c(F)cc(CN4CC[C@H]5C[C@H]54)cc3C2=O)c1. The van der Waals surface area contributed by atoms with Crippen LogP contribution in [0.1, 0.15) is 64.3 Å². The van der Waals surface area contributed by atoms with Gasteiger partial charge in [-0.1, -0.05) is 6.07 Å². The molecule has 2 aliphatic carbocycles. The predicted molar refractivity (Wildman–Crippen MR) is 150 cm³/mol. The van der Waals surface area contributed by atoms with Crippen molar-refractivity contribution >= 4 is 11.7 Å². The highest BCUT2D eigenvalue weighted by Crippen LogP contribution is 2.46. The number of anilines is 1. The Balaban J connectivity index is 1.18. The topological polar surface area (TPSA) is 90.9 Å². The van der Waals surface area contributed by atoms with Crippen molar-refractivity contribution in [2.24, 2.45) is 13.0 Å². The Hall–Kier alpha value is -4.42. The molecule has 1 amide bonds. The summed E-state index contributed by atoms with van der Waals surface area (Å²) in [6.45, 7) is 1.88. The number of piperidine rings is 1. The van der Waals surface area contributed by atoms with Gasteiger partial charge in [-0.2, -0.15) is 5.26 Å². The van der Waals surface area contributed by atoms with Gasteiger partial charge in [0.15, 0.2) is 5.82 Å². The summed E-state index contributed by atoms with van der Waals surface area (Å²) in [5.74, 6) is 1.75. The van der Waals surface area contributed by atoms with Crippen molar-refractivity contribution in [2.75, 3.05) is 11.4 Å². The second-order valence-corrected chi connectivity index (χ2v) is 11.9. The fraction of sp³-hybridized carbons (Fsp3) is 0.344. The third-order valence-electron chi connectivity index (χ3n) is 9.09. The Bertz CT molecular complexity index is 1790. The number of carbonyl (C=O) groups excluding carboxylic acids is 1. The molecule has 41 heavy (non-hydrogen) atoms. The maximum absolute atomic E-state index is 15.4. The Kier molecular flexibility index (Phi) is 5.38. The number of aryl methyl sites for hydroxylation is 1. The number of halogens is 1. The molecular weight excluding hydrogens is 517 g/mol. The van der Waals surface area contributed by atoms with Crippen molar-refractivity contribution in [3.8, 4) is 28.6 Å². The first-order valence-corrected chi connectivity index (χ1v) is 14.2. The molecule has 0 spiro atoms. The van der Waals surface area contributed by atoms with E-state index in [-0.39, 0.29) is 18.3 Å². The van der Waals surface area contributed by atoms with E-state index in [1.54, 1.807) is 23.4 Å². The maximum Gasteiger partial charge on any atom is 0.260 e. The highest BCUT2D eigenvalue weighted by molar-refractivity contribution is 6.10. The number of fused-ring (bicyclic) bond motifs is 2. The standard InChI is InChI=1S/C32H28FN7O/c1-38-17-35-37-31(38)24-8-18(14-34)2-5-23(24)22-11-28(20-3-4-20)36-30(13-22)40-16-26-25(32(40)41)9-19(10-27(26)33)15-39-7-6-21-12-29(21)39/h2,5,8-11,13,17,20-21,29H,3-4,6-7,12,15-16H2,1H3/t21-,29+/m0/s1. The lowest BCUT2D eigenvalue weighted by molar-refractivity contribution is 0.0995. The summed E-state index contributed by atoms with van der Waals surface area (Å²) in [4.78, 5) is 22.7. The molecule has 4 heterocycles. The first kappa shape index (κ1) is 24.4. The molecule has 0 radical (unpaired) electrons. The number of aromatic nitrogens is 4. The highest BCUT2D eigenvalue weighted by Gasteiger charge is 2.46. The second kappa shape index (κ2) is 9.05. The number of nitriles is 1. The number of carbonyl (C=O) groups is 1. The third-order valence-corrected chi connectivity index (χ3v) is 9.09. The average molecular weight is 546 g/mol. The van der Waals surface area contributed by atoms with Crippen LogP contribution in [0.2, 0.25) is 0 Å². The van der Waals surface area contributed by atoms with Crippen LogP contribution in [0.3, 0.4) is 0 Å². The zero-order chi connectivity index (χ0) is 27.8. The monoisotopic (exact) mass is 545 g/mol. The number of pyridine rings is 1.